The third-order valence-corrected chi connectivity index (χ3v) is 3.13. The fourth-order valence-corrected chi connectivity index (χ4v) is 2.21. The van der Waals surface area contributed by atoms with E-state index in [2.05, 4.69) is 9.97 Å². The standard InChI is InChI=1S/C13H16N4OS/c1-9-3-2-4-10(7-9)18-5-6-19-13-16-11(14)8-12(15)17-13/h2-4,7-8H,5-6H2,1H3,(H4,14,15,16,17). The number of benzene rings is 1. The molecule has 0 aliphatic carbocycles. The second kappa shape index (κ2) is 6.29. The van der Waals surface area contributed by atoms with Crippen LogP contribution in [0.1, 0.15) is 5.56 Å². The highest BCUT2D eigenvalue weighted by Crippen LogP contribution is 2.17. The second-order valence-electron chi connectivity index (χ2n) is 4.01. The van der Waals surface area contributed by atoms with Gasteiger partial charge in [-0.3, -0.25) is 0 Å². The number of rotatable bonds is 5. The summed E-state index contributed by atoms with van der Waals surface area (Å²) in [6.07, 6.45) is 0. The van der Waals surface area contributed by atoms with Gasteiger partial charge in [-0.25, -0.2) is 9.97 Å². The van der Waals surface area contributed by atoms with E-state index in [4.69, 9.17) is 16.2 Å². The molecule has 0 atom stereocenters. The van der Waals surface area contributed by atoms with Gasteiger partial charge in [-0.05, 0) is 24.6 Å². The molecule has 0 aliphatic heterocycles. The van der Waals surface area contributed by atoms with Crippen LogP contribution in [0.3, 0.4) is 0 Å². The van der Waals surface area contributed by atoms with Gasteiger partial charge in [0.15, 0.2) is 5.16 Å². The first-order valence-electron chi connectivity index (χ1n) is 5.86. The van der Waals surface area contributed by atoms with Crippen molar-refractivity contribution in [3.63, 3.8) is 0 Å². The molecule has 0 bridgehead atoms. The van der Waals surface area contributed by atoms with E-state index in [1.807, 2.05) is 31.2 Å². The maximum absolute atomic E-state index is 5.63. The van der Waals surface area contributed by atoms with Crippen molar-refractivity contribution < 1.29 is 4.74 Å². The molecule has 5 nitrogen and oxygen atoms in total. The van der Waals surface area contributed by atoms with Crippen molar-refractivity contribution in [2.24, 2.45) is 0 Å². The zero-order chi connectivity index (χ0) is 13.7. The highest BCUT2D eigenvalue weighted by atomic mass is 32.2. The van der Waals surface area contributed by atoms with Crippen molar-refractivity contribution in [1.29, 1.82) is 0 Å². The number of aromatic nitrogens is 2. The van der Waals surface area contributed by atoms with Crippen LogP contribution in [-0.2, 0) is 0 Å². The highest BCUT2D eigenvalue weighted by Gasteiger charge is 2.01. The first-order valence-corrected chi connectivity index (χ1v) is 6.84. The topological polar surface area (TPSA) is 87.0 Å². The predicted octanol–water partition coefficient (Wildman–Crippen LogP) is 2.12. The van der Waals surface area contributed by atoms with Crippen molar-refractivity contribution in [3.8, 4) is 5.75 Å². The first-order chi connectivity index (χ1) is 9.13. The smallest absolute Gasteiger partial charge is 0.191 e. The van der Waals surface area contributed by atoms with Crippen LogP contribution in [-0.4, -0.2) is 22.3 Å². The molecule has 0 aliphatic rings. The van der Waals surface area contributed by atoms with E-state index in [0.29, 0.717) is 23.4 Å². The Labute approximate surface area is 116 Å². The number of aryl methyl sites for hydroxylation is 1. The van der Waals surface area contributed by atoms with E-state index < -0.39 is 0 Å². The second-order valence-corrected chi connectivity index (χ2v) is 5.08. The van der Waals surface area contributed by atoms with Gasteiger partial charge in [0.05, 0.1) is 6.61 Å². The van der Waals surface area contributed by atoms with Gasteiger partial charge >= 0.3 is 0 Å². The number of thioether (sulfide) groups is 1. The fourth-order valence-electron chi connectivity index (χ4n) is 1.52. The third-order valence-electron chi connectivity index (χ3n) is 2.32. The summed E-state index contributed by atoms with van der Waals surface area (Å²) < 4.78 is 5.63. The Morgan fingerprint density at radius 3 is 2.58 bits per heavy atom. The summed E-state index contributed by atoms with van der Waals surface area (Å²) in [6, 6.07) is 9.48. The highest BCUT2D eigenvalue weighted by molar-refractivity contribution is 7.99. The van der Waals surface area contributed by atoms with Crippen LogP contribution in [0, 0.1) is 6.92 Å². The maximum Gasteiger partial charge on any atom is 0.191 e. The quantitative estimate of drug-likeness (QED) is 0.494. The largest absolute Gasteiger partial charge is 0.493 e. The Morgan fingerprint density at radius 2 is 1.89 bits per heavy atom. The van der Waals surface area contributed by atoms with E-state index in [0.717, 1.165) is 11.5 Å². The lowest BCUT2D eigenvalue weighted by molar-refractivity contribution is 0.343. The van der Waals surface area contributed by atoms with Gasteiger partial charge in [-0.1, -0.05) is 23.9 Å². The van der Waals surface area contributed by atoms with E-state index in [9.17, 15) is 0 Å². The Morgan fingerprint density at radius 1 is 1.16 bits per heavy atom. The molecule has 19 heavy (non-hydrogen) atoms. The summed E-state index contributed by atoms with van der Waals surface area (Å²) in [5.41, 5.74) is 12.4. The average molecular weight is 276 g/mol. The molecule has 1 heterocycles. The van der Waals surface area contributed by atoms with Crippen molar-refractivity contribution in [2.75, 3.05) is 23.8 Å². The average Bonchev–Trinajstić information content (AvgIpc) is 2.34. The molecular weight excluding hydrogens is 260 g/mol. The monoisotopic (exact) mass is 276 g/mol. The number of ether oxygens (including phenoxy) is 1. The van der Waals surface area contributed by atoms with Crippen molar-refractivity contribution >= 4 is 23.4 Å². The van der Waals surface area contributed by atoms with E-state index >= 15 is 0 Å². The van der Waals surface area contributed by atoms with Crippen LogP contribution in [0.5, 0.6) is 5.75 Å². The Bertz CT molecular complexity index is 542. The van der Waals surface area contributed by atoms with Crippen molar-refractivity contribution in [1.82, 2.24) is 9.97 Å². The molecule has 0 unspecified atom stereocenters. The molecule has 2 aromatic rings. The van der Waals surface area contributed by atoms with Gasteiger partial charge in [-0.2, -0.15) is 0 Å². The molecule has 1 aromatic heterocycles. The summed E-state index contributed by atoms with van der Waals surface area (Å²) in [5, 5.41) is 0.574. The minimum absolute atomic E-state index is 0.384. The molecular formula is C13H16N4OS. The van der Waals surface area contributed by atoms with Crippen LogP contribution in [0.2, 0.25) is 0 Å². The Kier molecular flexibility index (Phi) is 4.46. The van der Waals surface area contributed by atoms with Gasteiger partial charge in [0, 0.05) is 11.8 Å². The van der Waals surface area contributed by atoms with Gasteiger partial charge in [-0.15, -0.1) is 0 Å². The minimum Gasteiger partial charge on any atom is -0.493 e. The lowest BCUT2D eigenvalue weighted by Gasteiger charge is -2.06. The Balaban J connectivity index is 1.80. The van der Waals surface area contributed by atoms with Gasteiger partial charge < -0.3 is 16.2 Å². The van der Waals surface area contributed by atoms with Crippen LogP contribution < -0.4 is 16.2 Å². The van der Waals surface area contributed by atoms with Crippen LogP contribution >= 0.6 is 11.8 Å². The van der Waals surface area contributed by atoms with Crippen molar-refractivity contribution in [2.45, 2.75) is 12.1 Å². The molecule has 2 rings (SSSR count). The molecule has 0 radical (unpaired) electrons. The van der Waals surface area contributed by atoms with Crippen LogP contribution in [0.4, 0.5) is 11.6 Å². The summed E-state index contributed by atoms with van der Waals surface area (Å²) in [4.78, 5) is 8.17. The fraction of sp³-hybridized carbons (Fsp3) is 0.231. The van der Waals surface area contributed by atoms with E-state index in [1.54, 1.807) is 0 Å². The molecule has 1 aromatic carbocycles. The maximum atomic E-state index is 5.63. The number of nitrogen functional groups attached to an aromatic ring is 2. The number of hydrogen-bond acceptors (Lipinski definition) is 6. The van der Waals surface area contributed by atoms with E-state index in [-0.39, 0.29) is 0 Å². The third kappa shape index (κ3) is 4.33. The number of hydrogen-bond donors (Lipinski definition) is 2. The molecule has 0 saturated heterocycles. The predicted molar refractivity (Wildman–Crippen MR) is 78.3 cm³/mol. The SMILES string of the molecule is Cc1cccc(OCCSc2nc(N)cc(N)n2)c1. The summed E-state index contributed by atoms with van der Waals surface area (Å²) in [6.45, 7) is 2.61. The van der Waals surface area contributed by atoms with Crippen LogP contribution in [0.15, 0.2) is 35.5 Å². The molecule has 0 saturated carbocycles. The summed E-state index contributed by atoms with van der Waals surface area (Å²) in [7, 11) is 0. The Hall–Kier alpha value is -1.95. The minimum atomic E-state index is 0.384. The normalized spacial score (nSPS) is 10.4. The van der Waals surface area contributed by atoms with Crippen LogP contribution in [0.25, 0.3) is 0 Å². The molecule has 4 N–H and O–H groups in total. The number of nitrogens with zero attached hydrogens (tertiary/aromatic N) is 2. The molecule has 100 valence electrons. The molecule has 0 amide bonds. The zero-order valence-electron chi connectivity index (χ0n) is 10.7. The van der Waals surface area contributed by atoms with Gasteiger partial charge in [0.2, 0.25) is 0 Å². The van der Waals surface area contributed by atoms with Crippen molar-refractivity contribution in [3.05, 3.63) is 35.9 Å². The zero-order valence-corrected chi connectivity index (χ0v) is 11.5. The number of anilines is 2. The summed E-state index contributed by atoms with van der Waals surface area (Å²) in [5.74, 6) is 2.37. The van der Waals surface area contributed by atoms with Gasteiger partial charge in [0.25, 0.3) is 0 Å². The molecule has 0 fully saturated rings. The number of nitrogens with two attached hydrogens (primary N) is 2. The van der Waals surface area contributed by atoms with Gasteiger partial charge in [0.1, 0.15) is 17.4 Å². The first kappa shape index (κ1) is 13.5. The summed E-state index contributed by atoms with van der Waals surface area (Å²) >= 11 is 1.46. The van der Waals surface area contributed by atoms with E-state index in [1.165, 1.54) is 23.4 Å². The molecule has 6 heteroatoms. The lowest BCUT2D eigenvalue weighted by atomic mass is 10.2. The lowest BCUT2D eigenvalue weighted by Crippen LogP contribution is -2.03. The molecule has 0 spiro atoms.